The number of nitrogens with zero attached hydrogens (tertiary/aromatic N) is 2. The van der Waals surface area contributed by atoms with E-state index in [1.54, 1.807) is 17.8 Å². The van der Waals surface area contributed by atoms with E-state index in [9.17, 15) is 4.79 Å². The van der Waals surface area contributed by atoms with Gasteiger partial charge in [0.15, 0.2) is 0 Å². The first-order chi connectivity index (χ1) is 8.31. The number of carbonyl (C=O) groups is 1. The number of aliphatic imine (C=N–C) groups is 1. The number of amides is 1. The molecule has 1 atom stereocenters. The highest BCUT2D eigenvalue weighted by Gasteiger charge is 2.36. The first kappa shape index (κ1) is 10.6. The van der Waals surface area contributed by atoms with Crippen molar-refractivity contribution in [3.63, 3.8) is 0 Å². The maximum absolute atomic E-state index is 12.4. The van der Waals surface area contributed by atoms with Crippen LogP contribution >= 0.6 is 11.8 Å². The molecule has 2 heterocycles. The van der Waals surface area contributed by atoms with Crippen LogP contribution in [0.15, 0.2) is 29.3 Å². The van der Waals surface area contributed by atoms with Gasteiger partial charge in [0.05, 0.1) is 17.1 Å². The van der Waals surface area contributed by atoms with E-state index in [0.29, 0.717) is 23.0 Å². The SMILES string of the molecule is NNC1=Nc2ccccc2C(=O)N2CSCC12. The third kappa shape index (κ3) is 1.60. The van der Waals surface area contributed by atoms with Crippen LogP contribution in [-0.2, 0) is 0 Å². The molecule has 0 radical (unpaired) electrons. The third-order valence-electron chi connectivity index (χ3n) is 2.98. The molecule has 1 unspecified atom stereocenters. The van der Waals surface area contributed by atoms with Crippen LogP contribution in [0.1, 0.15) is 10.4 Å². The number of thioether (sulfide) groups is 1. The van der Waals surface area contributed by atoms with Crippen molar-refractivity contribution in [3.8, 4) is 0 Å². The molecule has 0 saturated carbocycles. The fourth-order valence-corrected chi connectivity index (χ4v) is 3.27. The molecule has 1 aromatic rings. The van der Waals surface area contributed by atoms with Gasteiger partial charge in [-0.25, -0.2) is 10.8 Å². The molecule has 6 heteroatoms. The molecule has 2 aliphatic heterocycles. The first-order valence-corrected chi connectivity index (χ1v) is 6.49. The second-order valence-corrected chi connectivity index (χ2v) is 4.95. The Morgan fingerprint density at radius 2 is 2.29 bits per heavy atom. The summed E-state index contributed by atoms with van der Waals surface area (Å²) in [6.45, 7) is 0. The molecule has 0 aliphatic carbocycles. The highest BCUT2D eigenvalue weighted by atomic mass is 32.2. The van der Waals surface area contributed by atoms with Gasteiger partial charge in [-0.2, -0.15) is 0 Å². The standard InChI is InChI=1S/C11H12N4OS/c12-14-10-9-5-17-6-15(9)11(16)7-3-1-2-4-8(7)13-10/h1-4,9H,5-6,12H2,(H,13,14). The summed E-state index contributed by atoms with van der Waals surface area (Å²) in [6.07, 6.45) is 0. The van der Waals surface area contributed by atoms with Crippen LogP contribution in [0.2, 0.25) is 0 Å². The number of rotatable bonds is 0. The number of benzene rings is 1. The van der Waals surface area contributed by atoms with Crippen molar-refractivity contribution in [2.75, 3.05) is 11.6 Å². The number of hydrazine groups is 1. The lowest BCUT2D eigenvalue weighted by Crippen LogP contribution is -2.48. The Balaban J connectivity index is 2.15. The second-order valence-electron chi connectivity index (χ2n) is 3.95. The third-order valence-corrected chi connectivity index (χ3v) is 3.99. The zero-order valence-electron chi connectivity index (χ0n) is 9.09. The fraction of sp³-hybridized carbons (Fsp3) is 0.273. The molecular weight excluding hydrogens is 236 g/mol. The van der Waals surface area contributed by atoms with Crippen molar-refractivity contribution in [2.45, 2.75) is 6.04 Å². The molecule has 1 fully saturated rings. The Labute approximate surface area is 103 Å². The molecule has 1 amide bonds. The normalized spacial score (nSPS) is 22.6. The zero-order valence-corrected chi connectivity index (χ0v) is 9.91. The summed E-state index contributed by atoms with van der Waals surface area (Å²) in [4.78, 5) is 18.6. The Kier molecular flexibility index (Phi) is 2.53. The number of hydrogen-bond donors (Lipinski definition) is 2. The van der Waals surface area contributed by atoms with Gasteiger partial charge in [0.25, 0.3) is 5.91 Å². The van der Waals surface area contributed by atoms with Crippen molar-refractivity contribution in [1.29, 1.82) is 0 Å². The summed E-state index contributed by atoms with van der Waals surface area (Å²) in [5.41, 5.74) is 3.95. The lowest BCUT2D eigenvalue weighted by molar-refractivity contribution is 0.0782. The first-order valence-electron chi connectivity index (χ1n) is 5.34. The van der Waals surface area contributed by atoms with Crippen molar-refractivity contribution in [1.82, 2.24) is 10.3 Å². The number of hydrogen-bond acceptors (Lipinski definition) is 5. The number of amidine groups is 1. The Hall–Kier alpha value is -1.53. The number of nitrogens with two attached hydrogens (primary N) is 1. The lowest BCUT2D eigenvalue weighted by Gasteiger charge is -2.22. The summed E-state index contributed by atoms with van der Waals surface area (Å²) in [7, 11) is 0. The van der Waals surface area contributed by atoms with E-state index in [2.05, 4.69) is 10.4 Å². The van der Waals surface area contributed by atoms with Gasteiger partial charge in [-0.1, -0.05) is 12.1 Å². The molecule has 0 spiro atoms. The topological polar surface area (TPSA) is 70.7 Å². The monoisotopic (exact) mass is 248 g/mol. The van der Waals surface area contributed by atoms with Gasteiger partial charge in [0.1, 0.15) is 11.9 Å². The number of carbonyl (C=O) groups excluding carboxylic acids is 1. The quantitative estimate of drug-likeness (QED) is 0.524. The van der Waals surface area contributed by atoms with Crippen LogP contribution in [0.25, 0.3) is 0 Å². The zero-order chi connectivity index (χ0) is 11.8. The highest BCUT2D eigenvalue weighted by molar-refractivity contribution is 7.99. The molecule has 0 bridgehead atoms. The fourth-order valence-electron chi connectivity index (χ4n) is 2.11. The predicted molar refractivity (Wildman–Crippen MR) is 68.1 cm³/mol. The minimum Gasteiger partial charge on any atom is -0.318 e. The van der Waals surface area contributed by atoms with Crippen molar-refractivity contribution < 1.29 is 4.79 Å². The van der Waals surface area contributed by atoms with E-state index in [0.717, 1.165) is 5.75 Å². The van der Waals surface area contributed by atoms with Crippen LogP contribution in [0, 0.1) is 0 Å². The van der Waals surface area contributed by atoms with E-state index in [-0.39, 0.29) is 11.9 Å². The second kappa shape index (κ2) is 4.05. The predicted octanol–water partition coefficient (Wildman–Crippen LogP) is 0.709. The highest BCUT2D eigenvalue weighted by Crippen LogP contribution is 2.31. The molecule has 3 N–H and O–H groups in total. The molecule has 88 valence electrons. The Bertz CT molecular complexity index is 502. The van der Waals surface area contributed by atoms with Gasteiger partial charge in [0.2, 0.25) is 0 Å². The summed E-state index contributed by atoms with van der Waals surface area (Å²) < 4.78 is 0. The smallest absolute Gasteiger partial charge is 0.257 e. The maximum Gasteiger partial charge on any atom is 0.257 e. The number of para-hydroxylation sites is 1. The molecule has 1 saturated heterocycles. The average molecular weight is 248 g/mol. The van der Waals surface area contributed by atoms with E-state index in [1.807, 2.05) is 23.1 Å². The Morgan fingerprint density at radius 3 is 3.12 bits per heavy atom. The summed E-state index contributed by atoms with van der Waals surface area (Å²) in [5, 5.41) is 0. The van der Waals surface area contributed by atoms with Crippen LogP contribution in [-0.4, -0.2) is 34.3 Å². The summed E-state index contributed by atoms with van der Waals surface area (Å²) >= 11 is 1.71. The molecule has 0 aromatic heterocycles. The van der Waals surface area contributed by atoms with E-state index >= 15 is 0 Å². The van der Waals surface area contributed by atoms with Crippen LogP contribution < -0.4 is 11.3 Å². The lowest BCUT2D eigenvalue weighted by atomic mass is 10.1. The van der Waals surface area contributed by atoms with Crippen LogP contribution in [0.4, 0.5) is 5.69 Å². The van der Waals surface area contributed by atoms with E-state index in [4.69, 9.17) is 5.84 Å². The van der Waals surface area contributed by atoms with Gasteiger partial charge >= 0.3 is 0 Å². The molecule has 5 nitrogen and oxygen atoms in total. The summed E-state index contributed by atoms with van der Waals surface area (Å²) in [5.74, 6) is 7.72. The minimum absolute atomic E-state index is 0.0320. The van der Waals surface area contributed by atoms with E-state index in [1.165, 1.54) is 0 Å². The van der Waals surface area contributed by atoms with Crippen LogP contribution in [0.3, 0.4) is 0 Å². The van der Waals surface area contributed by atoms with Crippen molar-refractivity contribution in [2.24, 2.45) is 10.8 Å². The van der Waals surface area contributed by atoms with Crippen molar-refractivity contribution in [3.05, 3.63) is 29.8 Å². The molecule has 17 heavy (non-hydrogen) atoms. The molecular formula is C11H12N4OS. The van der Waals surface area contributed by atoms with Gasteiger partial charge in [-0.15, -0.1) is 11.8 Å². The average Bonchev–Trinajstić information content (AvgIpc) is 2.81. The molecule has 1 aromatic carbocycles. The van der Waals surface area contributed by atoms with Crippen LogP contribution in [0.5, 0.6) is 0 Å². The Morgan fingerprint density at radius 1 is 1.47 bits per heavy atom. The van der Waals surface area contributed by atoms with Gasteiger partial charge in [-0.3, -0.25) is 4.79 Å². The largest absolute Gasteiger partial charge is 0.318 e. The maximum atomic E-state index is 12.4. The summed E-state index contributed by atoms with van der Waals surface area (Å²) in [6, 6.07) is 7.32. The number of fused-ring (bicyclic) bond motifs is 2. The van der Waals surface area contributed by atoms with Gasteiger partial charge in [0, 0.05) is 5.75 Å². The minimum atomic E-state index is -0.0371. The number of nitrogens with one attached hydrogen (secondary N) is 1. The van der Waals surface area contributed by atoms with Gasteiger partial charge < -0.3 is 10.3 Å². The van der Waals surface area contributed by atoms with Gasteiger partial charge in [-0.05, 0) is 12.1 Å². The van der Waals surface area contributed by atoms with Crippen molar-refractivity contribution >= 4 is 29.2 Å². The van der Waals surface area contributed by atoms with E-state index < -0.39 is 0 Å². The molecule has 2 aliphatic rings. The molecule has 3 rings (SSSR count).